The Morgan fingerprint density at radius 3 is 2.33 bits per heavy atom. The van der Waals surface area contributed by atoms with E-state index in [1.54, 1.807) is 0 Å². The van der Waals surface area contributed by atoms with Crippen LogP contribution >= 0.6 is 11.6 Å². The summed E-state index contributed by atoms with van der Waals surface area (Å²) >= 11 is 5.82. The van der Waals surface area contributed by atoms with Crippen molar-refractivity contribution in [1.29, 1.82) is 0 Å². The predicted molar refractivity (Wildman–Crippen MR) is 82.4 cm³/mol. The summed E-state index contributed by atoms with van der Waals surface area (Å²) in [4.78, 5) is 11.0. The first-order chi connectivity index (χ1) is 10.2. The molecule has 21 heavy (non-hydrogen) atoms. The smallest absolute Gasteiger partial charge is 0.303 e. The first-order valence-corrected chi connectivity index (χ1v) is 7.22. The highest BCUT2D eigenvalue weighted by Crippen LogP contribution is 2.22. The third kappa shape index (κ3) is 4.80. The fourth-order valence-electron chi connectivity index (χ4n) is 1.91. The van der Waals surface area contributed by atoms with Crippen molar-refractivity contribution in [2.24, 2.45) is 0 Å². The molecule has 4 heteroatoms. The minimum Gasteiger partial charge on any atom is -0.489 e. The molecule has 0 radical (unpaired) electrons. The summed E-state index contributed by atoms with van der Waals surface area (Å²) in [7, 11) is 0. The molecule has 0 bridgehead atoms. The van der Waals surface area contributed by atoms with Crippen LogP contribution in [0, 0.1) is 0 Å². The molecule has 0 saturated heterocycles. The van der Waals surface area contributed by atoms with Gasteiger partial charge in [-0.3, -0.25) is 4.79 Å². The van der Waals surface area contributed by atoms with E-state index in [4.69, 9.17) is 21.1 Å². The number of carbonyl (C=O) groups is 1. The van der Waals surface area contributed by atoms with Crippen LogP contribution < -0.4 is 4.74 Å². The second kappa shape index (κ2) is 7.70. The van der Waals surface area contributed by atoms with E-state index in [9.17, 15) is 4.79 Å². The van der Waals surface area contributed by atoms with Gasteiger partial charge in [0.1, 0.15) is 18.5 Å². The van der Waals surface area contributed by atoms with Gasteiger partial charge in [0.15, 0.2) is 0 Å². The zero-order valence-corrected chi connectivity index (χ0v) is 12.5. The second-order valence-electron chi connectivity index (χ2n) is 4.60. The summed E-state index contributed by atoms with van der Waals surface area (Å²) in [6.45, 7) is 1.89. The number of ether oxygens (including phenoxy) is 2. The maximum absolute atomic E-state index is 11.0. The Morgan fingerprint density at radius 1 is 1.10 bits per heavy atom. The van der Waals surface area contributed by atoms with Crippen molar-refractivity contribution < 1.29 is 14.3 Å². The van der Waals surface area contributed by atoms with Crippen LogP contribution in [0.25, 0.3) is 0 Å². The Kier molecular flexibility index (Phi) is 5.64. The van der Waals surface area contributed by atoms with E-state index in [-0.39, 0.29) is 11.8 Å². The zero-order chi connectivity index (χ0) is 15.1. The Bertz CT molecular complexity index is 566. The molecule has 0 aliphatic carbocycles. The van der Waals surface area contributed by atoms with E-state index >= 15 is 0 Å². The van der Waals surface area contributed by atoms with Crippen LogP contribution in [-0.4, -0.2) is 11.8 Å². The number of benzene rings is 2. The van der Waals surface area contributed by atoms with E-state index in [2.05, 4.69) is 0 Å². The molecule has 110 valence electrons. The lowest BCUT2D eigenvalue weighted by Crippen LogP contribution is -2.09. The van der Waals surface area contributed by atoms with E-state index in [1.807, 2.05) is 54.6 Å². The van der Waals surface area contributed by atoms with Gasteiger partial charge < -0.3 is 9.47 Å². The van der Waals surface area contributed by atoms with E-state index < -0.39 is 6.10 Å². The standard InChI is InChI=1S/C17H17ClO3/c1-13(19)21-17(11-18)15-7-9-16(10-8-15)20-12-14-5-3-2-4-6-14/h2-10,17H,11-12H2,1H3. The largest absolute Gasteiger partial charge is 0.489 e. The third-order valence-corrected chi connectivity index (χ3v) is 3.23. The lowest BCUT2D eigenvalue weighted by Gasteiger charge is -2.15. The van der Waals surface area contributed by atoms with Crippen LogP contribution in [0.4, 0.5) is 0 Å². The summed E-state index contributed by atoms with van der Waals surface area (Å²) in [5, 5.41) is 0. The van der Waals surface area contributed by atoms with Crippen LogP contribution in [0.1, 0.15) is 24.2 Å². The maximum Gasteiger partial charge on any atom is 0.303 e. The molecule has 2 rings (SSSR count). The monoisotopic (exact) mass is 304 g/mol. The van der Waals surface area contributed by atoms with Crippen molar-refractivity contribution in [3.63, 3.8) is 0 Å². The maximum atomic E-state index is 11.0. The van der Waals surface area contributed by atoms with Crippen LogP contribution in [0.2, 0.25) is 0 Å². The average molecular weight is 305 g/mol. The lowest BCUT2D eigenvalue weighted by atomic mass is 10.1. The summed E-state index contributed by atoms with van der Waals surface area (Å²) in [5.41, 5.74) is 1.97. The van der Waals surface area contributed by atoms with Gasteiger partial charge in [-0.05, 0) is 23.3 Å². The zero-order valence-electron chi connectivity index (χ0n) is 11.8. The summed E-state index contributed by atoms with van der Waals surface area (Å²) in [6.07, 6.45) is -0.424. The summed E-state index contributed by atoms with van der Waals surface area (Å²) in [6, 6.07) is 17.4. The molecule has 0 aromatic heterocycles. The van der Waals surface area contributed by atoms with Crippen molar-refractivity contribution in [1.82, 2.24) is 0 Å². The minimum atomic E-state index is -0.424. The molecule has 0 N–H and O–H groups in total. The molecule has 0 spiro atoms. The van der Waals surface area contributed by atoms with Gasteiger partial charge in [0.2, 0.25) is 0 Å². The van der Waals surface area contributed by atoms with Crippen LogP contribution in [0.3, 0.4) is 0 Å². The van der Waals surface area contributed by atoms with Crippen molar-refractivity contribution >= 4 is 17.6 Å². The third-order valence-electron chi connectivity index (χ3n) is 2.95. The lowest BCUT2D eigenvalue weighted by molar-refractivity contribution is -0.145. The van der Waals surface area contributed by atoms with Gasteiger partial charge in [0.05, 0.1) is 5.88 Å². The summed E-state index contributed by atoms with van der Waals surface area (Å²) < 4.78 is 10.8. The number of hydrogen-bond donors (Lipinski definition) is 0. The van der Waals surface area contributed by atoms with Gasteiger partial charge in [-0.25, -0.2) is 0 Å². The highest BCUT2D eigenvalue weighted by molar-refractivity contribution is 6.18. The van der Waals surface area contributed by atoms with E-state index in [0.717, 1.165) is 16.9 Å². The number of rotatable bonds is 6. The van der Waals surface area contributed by atoms with Crippen LogP contribution in [-0.2, 0) is 16.1 Å². The molecular weight excluding hydrogens is 288 g/mol. The van der Waals surface area contributed by atoms with Gasteiger partial charge in [-0.1, -0.05) is 42.5 Å². The Hall–Kier alpha value is -2.00. The van der Waals surface area contributed by atoms with E-state index in [1.165, 1.54) is 6.92 Å². The number of carbonyl (C=O) groups excluding carboxylic acids is 1. The topological polar surface area (TPSA) is 35.5 Å². The average Bonchev–Trinajstić information content (AvgIpc) is 2.52. The Morgan fingerprint density at radius 2 is 1.76 bits per heavy atom. The molecule has 0 aliphatic rings. The molecule has 1 unspecified atom stereocenters. The Balaban J connectivity index is 1.96. The van der Waals surface area contributed by atoms with Crippen LogP contribution in [0.15, 0.2) is 54.6 Å². The highest BCUT2D eigenvalue weighted by Gasteiger charge is 2.13. The molecule has 1 atom stereocenters. The number of esters is 1. The van der Waals surface area contributed by atoms with Gasteiger partial charge in [0.25, 0.3) is 0 Å². The SMILES string of the molecule is CC(=O)OC(CCl)c1ccc(OCc2ccccc2)cc1. The molecule has 0 heterocycles. The van der Waals surface area contributed by atoms with Crippen molar-refractivity contribution in [2.75, 3.05) is 5.88 Å². The fraction of sp³-hybridized carbons (Fsp3) is 0.235. The number of hydrogen-bond acceptors (Lipinski definition) is 3. The molecule has 0 amide bonds. The van der Waals surface area contributed by atoms with Crippen molar-refractivity contribution in [3.05, 3.63) is 65.7 Å². The molecule has 0 saturated carbocycles. The molecule has 2 aromatic rings. The van der Waals surface area contributed by atoms with Crippen molar-refractivity contribution in [2.45, 2.75) is 19.6 Å². The summed E-state index contributed by atoms with van der Waals surface area (Å²) in [5.74, 6) is 0.646. The quantitative estimate of drug-likeness (QED) is 0.595. The van der Waals surface area contributed by atoms with Gasteiger partial charge in [-0.2, -0.15) is 0 Å². The van der Waals surface area contributed by atoms with Gasteiger partial charge >= 0.3 is 5.97 Å². The van der Waals surface area contributed by atoms with Crippen LogP contribution in [0.5, 0.6) is 5.75 Å². The number of alkyl halides is 1. The second-order valence-corrected chi connectivity index (χ2v) is 4.90. The fourth-order valence-corrected chi connectivity index (χ4v) is 2.15. The van der Waals surface area contributed by atoms with E-state index in [0.29, 0.717) is 6.61 Å². The first-order valence-electron chi connectivity index (χ1n) is 6.69. The normalized spacial score (nSPS) is 11.7. The number of halogens is 1. The minimum absolute atomic E-state index is 0.226. The highest BCUT2D eigenvalue weighted by atomic mass is 35.5. The van der Waals surface area contributed by atoms with Gasteiger partial charge in [-0.15, -0.1) is 11.6 Å². The van der Waals surface area contributed by atoms with Gasteiger partial charge in [0, 0.05) is 6.92 Å². The molecule has 2 aromatic carbocycles. The Labute approximate surface area is 129 Å². The molecule has 0 aliphatic heterocycles. The molecular formula is C17H17ClO3. The molecule has 3 nitrogen and oxygen atoms in total. The predicted octanol–water partition coefficient (Wildman–Crippen LogP) is 4.11. The first kappa shape index (κ1) is 15.4. The van der Waals surface area contributed by atoms with Crippen molar-refractivity contribution in [3.8, 4) is 5.75 Å². The molecule has 0 fully saturated rings.